The summed E-state index contributed by atoms with van der Waals surface area (Å²) in [7, 11) is 0. The lowest BCUT2D eigenvalue weighted by atomic mass is 10.2. The number of aromatic nitrogens is 1. The van der Waals surface area contributed by atoms with Crippen LogP contribution in [0.5, 0.6) is 0 Å². The first-order chi connectivity index (χ1) is 8.69. The van der Waals surface area contributed by atoms with Crippen LogP contribution in [0.25, 0.3) is 0 Å². The van der Waals surface area contributed by atoms with Gasteiger partial charge in [-0.15, -0.1) is 0 Å². The van der Waals surface area contributed by atoms with Gasteiger partial charge in [0.25, 0.3) is 0 Å². The van der Waals surface area contributed by atoms with Crippen LogP contribution in [0, 0.1) is 11.6 Å². The van der Waals surface area contributed by atoms with Crippen LogP contribution in [-0.2, 0) is 4.74 Å². The van der Waals surface area contributed by atoms with Crippen LogP contribution in [0.1, 0.15) is 32.6 Å². The first-order valence-electron chi connectivity index (χ1n) is 5.65. The van der Waals surface area contributed by atoms with Crippen LogP contribution in [-0.4, -0.2) is 28.3 Å². The second-order valence-electron chi connectivity index (χ2n) is 4.92. The topological polar surface area (TPSA) is 71.5 Å². The molecular weight excluding hydrogens is 258 g/mol. The monoisotopic (exact) mass is 274 g/mol. The van der Waals surface area contributed by atoms with Gasteiger partial charge in [0.1, 0.15) is 29.0 Å². The van der Waals surface area contributed by atoms with Gasteiger partial charge in [-0.1, -0.05) is 0 Å². The van der Waals surface area contributed by atoms with Crippen molar-refractivity contribution < 1.29 is 23.4 Å². The fourth-order valence-corrected chi connectivity index (χ4v) is 1.26. The fraction of sp³-hybridized carbons (Fsp3) is 0.500. The number of pyridine rings is 1. The maximum atomic E-state index is 13.3. The highest BCUT2D eigenvalue weighted by molar-refractivity contribution is 5.67. The number of nitrogens with zero attached hydrogens (tertiary/aromatic N) is 1. The molecule has 1 atom stereocenters. The van der Waals surface area contributed by atoms with E-state index in [0.717, 1.165) is 6.20 Å². The Bertz CT molecular complexity index is 461. The molecule has 1 rings (SSSR count). The molecule has 0 spiro atoms. The highest BCUT2D eigenvalue weighted by Gasteiger charge is 2.19. The number of ether oxygens (including phenoxy) is 1. The molecule has 0 aromatic carbocycles. The number of carbonyl (C=O) groups excluding carboxylic acids is 1. The smallest absolute Gasteiger partial charge is 0.407 e. The van der Waals surface area contributed by atoms with E-state index in [1.807, 2.05) is 0 Å². The minimum Gasteiger partial charge on any atom is -0.444 e. The van der Waals surface area contributed by atoms with E-state index in [0.29, 0.717) is 6.07 Å². The number of amides is 1. The molecule has 0 aliphatic rings. The highest BCUT2D eigenvalue weighted by atomic mass is 19.1. The Morgan fingerprint density at radius 2 is 2.16 bits per heavy atom. The third-order valence-electron chi connectivity index (χ3n) is 1.99. The molecular formula is C12H16F2N2O3. The van der Waals surface area contributed by atoms with Crippen LogP contribution >= 0.6 is 0 Å². The molecule has 0 saturated heterocycles. The summed E-state index contributed by atoms with van der Waals surface area (Å²) in [5, 5.41) is 11.9. The lowest BCUT2D eigenvalue weighted by molar-refractivity contribution is 0.0488. The number of aliphatic hydroxyl groups is 1. The van der Waals surface area contributed by atoms with E-state index in [2.05, 4.69) is 10.3 Å². The zero-order valence-electron chi connectivity index (χ0n) is 10.9. The van der Waals surface area contributed by atoms with Gasteiger partial charge in [-0.2, -0.15) is 0 Å². The molecule has 7 heteroatoms. The van der Waals surface area contributed by atoms with Gasteiger partial charge in [-0.25, -0.2) is 13.6 Å². The second kappa shape index (κ2) is 5.92. The van der Waals surface area contributed by atoms with E-state index in [1.54, 1.807) is 20.8 Å². The second-order valence-corrected chi connectivity index (χ2v) is 4.92. The minimum atomic E-state index is -1.38. The maximum Gasteiger partial charge on any atom is 0.407 e. The van der Waals surface area contributed by atoms with Crippen molar-refractivity contribution in [3.63, 3.8) is 0 Å². The predicted molar refractivity (Wildman–Crippen MR) is 63.3 cm³/mol. The van der Waals surface area contributed by atoms with Gasteiger partial charge in [-0.05, 0) is 20.8 Å². The Morgan fingerprint density at radius 1 is 1.53 bits per heavy atom. The molecule has 1 aromatic rings. The van der Waals surface area contributed by atoms with E-state index in [4.69, 9.17) is 4.74 Å². The maximum absolute atomic E-state index is 13.3. The van der Waals surface area contributed by atoms with E-state index in [9.17, 15) is 18.7 Å². The molecule has 5 nitrogen and oxygen atoms in total. The summed E-state index contributed by atoms with van der Waals surface area (Å²) < 4.78 is 30.9. The molecule has 106 valence electrons. The summed E-state index contributed by atoms with van der Waals surface area (Å²) in [5.41, 5.74) is -1.01. The van der Waals surface area contributed by atoms with Crippen molar-refractivity contribution in [2.75, 3.05) is 6.54 Å². The zero-order valence-corrected chi connectivity index (χ0v) is 10.9. The van der Waals surface area contributed by atoms with Crippen molar-refractivity contribution in [1.82, 2.24) is 10.3 Å². The molecule has 2 N–H and O–H groups in total. The summed E-state index contributed by atoms with van der Waals surface area (Å²) in [6, 6.07) is 0.610. The molecule has 19 heavy (non-hydrogen) atoms. The van der Waals surface area contributed by atoms with Gasteiger partial charge < -0.3 is 15.2 Å². The Kier molecular flexibility index (Phi) is 4.77. The van der Waals surface area contributed by atoms with Gasteiger partial charge in [0, 0.05) is 6.07 Å². The van der Waals surface area contributed by atoms with Gasteiger partial charge in [-0.3, -0.25) is 4.98 Å². The third kappa shape index (κ3) is 5.17. The number of aliphatic hydroxyl groups excluding tert-OH is 1. The summed E-state index contributed by atoms with van der Waals surface area (Å²) in [5.74, 6) is -1.81. The molecule has 1 aromatic heterocycles. The predicted octanol–water partition coefficient (Wildman–Crippen LogP) is 1.92. The average molecular weight is 274 g/mol. The number of alkyl carbamates (subject to hydrolysis) is 1. The molecule has 0 aliphatic heterocycles. The van der Waals surface area contributed by atoms with Crippen molar-refractivity contribution in [1.29, 1.82) is 0 Å². The van der Waals surface area contributed by atoms with E-state index in [1.165, 1.54) is 0 Å². The number of hydrogen-bond acceptors (Lipinski definition) is 4. The van der Waals surface area contributed by atoms with E-state index < -0.39 is 29.4 Å². The quantitative estimate of drug-likeness (QED) is 0.883. The lowest BCUT2D eigenvalue weighted by Gasteiger charge is -2.20. The number of nitrogens with one attached hydrogen (secondary N) is 1. The van der Waals surface area contributed by atoms with Gasteiger partial charge >= 0.3 is 6.09 Å². The third-order valence-corrected chi connectivity index (χ3v) is 1.99. The normalized spacial score (nSPS) is 12.9. The minimum absolute atomic E-state index is 0.287. The Hall–Kier alpha value is -1.76. The summed E-state index contributed by atoms with van der Waals surface area (Å²) >= 11 is 0. The summed E-state index contributed by atoms with van der Waals surface area (Å²) in [6.07, 6.45) is -1.34. The van der Waals surface area contributed by atoms with Gasteiger partial charge in [0.15, 0.2) is 0 Å². The van der Waals surface area contributed by atoms with Crippen molar-refractivity contribution in [2.24, 2.45) is 0 Å². The Labute approximate surface area is 109 Å². The molecule has 0 bridgehead atoms. The number of halogens is 2. The van der Waals surface area contributed by atoms with Gasteiger partial charge in [0.05, 0.1) is 12.7 Å². The number of rotatable bonds is 3. The Morgan fingerprint density at radius 3 is 2.68 bits per heavy atom. The Balaban J connectivity index is 2.56. The molecule has 0 fully saturated rings. The standard InChI is InChI=1S/C12H16F2N2O3/c1-12(2,3)19-11(18)16-6-9(17)10-8(14)4-7(13)5-15-10/h4-5,9,17H,6H2,1-3H3,(H,16,18). The largest absolute Gasteiger partial charge is 0.444 e. The molecule has 1 unspecified atom stereocenters. The summed E-state index contributed by atoms with van der Waals surface area (Å²) in [6.45, 7) is 4.77. The lowest BCUT2D eigenvalue weighted by Crippen LogP contribution is -2.35. The van der Waals surface area contributed by atoms with Crippen LogP contribution in [0.3, 0.4) is 0 Å². The van der Waals surface area contributed by atoms with Crippen LogP contribution < -0.4 is 5.32 Å². The first kappa shape index (κ1) is 15.3. The zero-order chi connectivity index (χ0) is 14.6. The van der Waals surface area contributed by atoms with Crippen molar-refractivity contribution in [3.8, 4) is 0 Å². The molecule has 0 saturated carbocycles. The fourth-order valence-electron chi connectivity index (χ4n) is 1.26. The molecule has 1 heterocycles. The number of hydrogen-bond donors (Lipinski definition) is 2. The average Bonchev–Trinajstić information content (AvgIpc) is 2.23. The van der Waals surface area contributed by atoms with Gasteiger partial charge in [0.2, 0.25) is 0 Å². The SMILES string of the molecule is CC(C)(C)OC(=O)NCC(O)c1ncc(F)cc1F. The van der Waals surface area contributed by atoms with Crippen molar-refractivity contribution in [2.45, 2.75) is 32.5 Å². The number of carbonyl (C=O) groups is 1. The van der Waals surface area contributed by atoms with E-state index in [-0.39, 0.29) is 12.2 Å². The summed E-state index contributed by atoms with van der Waals surface area (Å²) in [4.78, 5) is 14.8. The van der Waals surface area contributed by atoms with E-state index >= 15 is 0 Å². The van der Waals surface area contributed by atoms with Crippen LogP contribution in [0.4, 0.5) is 13.6 Å². The molecule has 0 radical (unpaired) electrons. The molecule has 0 aliphatic carbocycles. The van der Waals surface area contributed by atoms with Crippen LogP contribution in [0.15, 0.2) is 12.3 Å². The van der Waals surface area contributed by atoms with Crippen LogP contribution in [0.2, 0.25) is 0 Å². The first-order valence-corrected chi connectivity index (χ1v) is 5.65. The molecule has 1 amide bonds. The van der Waals surface area contributed by atoms with Crippen molar-refractivity contribution in [3.05, 3.63) is 29.6 Å². The van der Waals surface area contributed by atoms with Crippen molar-refractivity contribution >= 4 is 6.09 Å². The highest BCUT2D eigenvalue weighted by Crippen LogP contribution is 2.14.